The molecule has 0 aromatic heterocycles. The Morgan fingerprint density at radius 1 is 0.667 bits per heavy atom. The molecule has 0 N–H and O–H groups in total. The summed E-state index contributed by atoms with van der Waals surface area (Å²) < 4.78 is 0. The fourth-order valence-corrected chi connectivity index (χ4v) is 3.44. The summed E-state index contributed by atoms with van der Waals surface area (Å²) in [5, 5.41) is 0.185. The van der Waals surface area contributed by atoms with E-state index in [9.17, 15) is 9.59 Å². The lowest BCUT2D eigenvalue weighted by atomic mass is 10.2. The minimum absolute atomic E-state index is 0.0926. The van der Waals surface area contributed by atoms with Crippen molar-refractivity contribution in [2.24, 2.45) is 0 Å². The van der Waals surface area contributed by atoms with Gasteiger partial charge in [0.15, 0.2) is 0 Å². The van der Waals surface area contributed by atoms with Gasteiger partial charge in [-0.15, -0.1) is 0 Å². The summed E-state index contributed by atoms with van der Waals surface area (Å²) in [6.07, 6.45) is 0.840. The quantitative estimate of drug-likeness (QED) is 0.734. The third-order valence-corrected chi connectivity index (χ3v) is 4.76. The molecule has 0 aliphatic rings. The van der Waals surface area contributed by atoms with Gasteiger partial charge in [-0.25, -0.2) is 0 Å². The van der Waals surface area contributed by atoms with Crippen molar-refractivity contribution in [3.05, 3.63) is 71.8 Å². The third-order valence-electron chi connectivity index (χ3n) is 2.77. The Morgan fingerprint density at radius 3 is 1.43 bits per heavy atom. The molecule has 2 aromatic rings. The van der Waals surface area contributed by atoms with E-state index in [0.717, 1.165) is 29.1 Å². The highest BCUT2D eigenvalue weighted by Gasteiger charge is 2.07. The first kappa shape index (κ1) is 15.9. The van der Waals surface area contributed by atoms with Crippen molar-refractivity contribution < 1.29 is 9.59 Å². The molecule has 0 bridgehead atoms. The van der Waals surface area contributed by atoms with E-state index in [4.69, 9.17) is 0 Å². The average Bonchev–Trinajstić information content (AvgIpc) is 2.55. The summed E-state index contributed by atoms with van der Waals surface area (Å²) in [5.41, 5.74) is 1.46. The van der Waals surface area contributed by atoms with Gasteiger partial charge in [-0.1, -0.05) is 84.2 Å². The van der Waals surface area contributed by atoms with Crippen molar-refractivity contribution in [1.82, 2.24) is 0 Å². The molecular weight excluding hydrogens is 300 g/mol. The number of hydrogen-bond acceptors (Lipinski definition) is 4. The lowest BCUT2D eigenvalue weighted by molar-refractivity contribution is 0.108. The minimum atomic E-state index is 0.0926. The predicted octanol–water partition coefficient (Wildman–Crippen LogP) is 4.52. The zero-order valence-electron chi connectivity index (χ0n) is 11.5. The number of carbonyl (C=O) groups is 2. The van der Waals surface area contributed by atoms with Crippen LogP contribution in [0.4, 0.5) is 0 Å². The minimum Gasteiger partial charge on any atom is -0.282 e. The summed E-state index contributed by atoms with van der Waals surface area (Å²) in [5.74, 6) is 1.48. The molecular formula is C17H16O2S2. The molecule has 0 radical (unpaired) electrons. The maximum Gasteiger partial charge on any atom is 0.219 e. The normalized spacial score (nSPS) is 10.3. The van der Waals surface area contributed by atoms with Crippen molar-refractivity contribution in [3.8, 4) is 0 Å². The van der Waals surface area contributed by atoms with Crippen LogP contribution in [-0.2, 0) is 0 Å². The number of rotatable bonds is 6. The van der Waals surface area contributed by atoms with Gasteiger partial charge in [0.05, 0.1) is 0 Å². The van der Waals surface area contributed by atoms with Crippen LogP contribution < -0.4 is 0 Å². The van der Waals surface area contributed by atoms with Crippen molar-refractivity contribution in [1.29, 1.82) is 0 Å². The van der Waals surface area contributed by atoms with Crippen LogP contribution in [0.1, 0.15) is 27.1 Å². The molecule has 0 aliphatic carbocycles. The smallest absolute Gasteiger partial charge is 0.219 e. The summed E-state index contributed by atoms with van der Waals surface area (Å²) in [4.78, 5) is 23.7. The Kier molecular flexibility index (Phi) is 6.57. The van der Waals surface area contributed by atoms with Gasteiger partial charge in [-0.3, -0.25) is 9.59 Å². The number of hydrogen-bond donors (Lipinski definition) is 0. The van der Waals surface area contributed by atoms with Crippen LogP contribution in [0.2, 0.25) is 0 Å². The molecule has 0 saturated carbocycles. The van der Waals surface area contributed by atoms with Crippen LogP contribution in [0.5, 0.6) is 0 Å². The molecule has 108 valence electrons. The topological polar surface area (TPSA) is 34.1 Å². The molecule has 21 heavy (non-hydrogen) atoms. The fourth-order valence-electron chi connectivity index (χ4n) is 1.70. The number of benzene rings is 2. The third kappa shape index (κ3) is 5.40. The second-order valence-electron chi connectivity index (χ2n) is 4.36. The van der Waals surface area contributed by atoms with Crippen molar-refractivity contribution in [2.75, 3.05) is 11.5 Å². The van der Waals surface area contributed by atoms with Crippen LogP contribution in [0, 0.1) is 0 Å². The first-order valence-electron chi connectivity index (χ1n) is 6.72. The fraction of sp³-hybridized carbons (Fsp3) is 0.176. The molecule has 2 nitrogen and oxygen atoms in total. The number of thioether (sulfide) groups is 2. The van der Waals surface area contributed by atoms with E-state index in [-0.39, 0.29) is 10.2 Å². The Morgan fingerprint density at radius 2 is 1.05 bits per heavy atom. The molecule has 0 aliphatic heterocycles. The summed E-state index contributed by atoms with van der Waals surface area (Å²) in [6.45, 7) is 0. The van der Waals surface area contributed by atoms with Crippen molar-refractivity contribution in [2.45, 2.75) is 6.42 Å². The highest BCUT2D eigenvalue weighted by molar-refractivity contribution is 8.14. The molecule has 4 heteroatoms. The van der Waals surface area contributed by atoms with Crippen molar-refractivity contribution >= 4 is 33.8 Å². The highest BCUT2D eigenvalue weighted by Crippen LogP contribution is 2.17. The zero-order chi connectivity index (χ0) is 14.9. The largest absolute Gasteiger partial charge is 0.282 e. The maximum atomic E-state index is 11.9. The average molecular weight is 316 g/mol. The lowest BCUT2D eigenvalue weighted by Crippen LogP contribution is -1.98. The van der Waals surface area contributed by atoms with E-state index < -0.39 is 0 Å². The first-order chi connectivity index (χ1) is 10.3. The zero-order valence-corrected chi connectivity index (χ0v) is 13.2. The van der Waals surface area contributed by atoms with Gasteiger partial charge >= 0.3 is 0 Å². The molecule has 0 unspecified atom stereocenters. The monoisotopic (exact) mass is 316 g/mol. The van der Waals surface area contributed by atoms with Crippen LogP contribution in [0.3, 0.4) is 0 Å². The Hall–Kier alpha value is -1.52. The van der Waals surface area contributed by atoms with Crippen LogP contribution in [0.25, 0.3) is 0 Å². The molecule has 0 heterocycles. The molecule has 2 rings (SSSR count). The highest BCUT2D eigenvalue weighted by atomic mass is 32.2. The standard InChI is InChI=1S/C17H16O2S2/c18-16(14-8-3-1-4-9-14)20-12-7-13-21-17(19)15-10-5-2-6-11-15/h1-6,8-11H,7,12-13H2. The Balaban J connectivity index is 1.64. The maximum absolute atomic E-state index is 11.9. The van der Waals surface area contributed by atoms with E-state index in [0.29, 0.717) is 0 Å². The lowest BCUT2D eigenvalue weighted by Gasteiger charge is -2.02. The number of carbonyl (C=O) groups excluding carboxylic acids is 2. The van der Waals surface area contributed by atoms with Gasteiger partial charge in [0, 0.05) is 22.6 Å². The van der Waals surface area contributed by atoms with Gasteiger partial charge in [0.1, 0.15) is 0 Å². The summed E-state index contributed by atoms with van der Waals surface area (Å²) in [7, 11) is 0. The van der Waals surface area contributed by atoms with Gasteiger partial charge < -0.3 is 0 Å². The van der Waals surface area contributed by atoms with E-state index in [1.807, 2.05) is 60.7 Å². The van der Waals surface area contributed by atoms with Crippen LogP contribution in [0.15, 0.2) is 60.7 Å². The molecule has 0 fully saturated rings. The molecule has 0 amide bonds. The summed E-state index contributed by atoms with van der Waals surface area (Å²) in [6, 6.07) is 18.5. The molecule has 0 saturated heterocycles. The van der Waals surface area contributed by atoms with Gasteiger partial charge in [0.2, 0.25) is 10.2 Å². The summed E-state index contributed by atoms with van der Waals surface area (Å²) >= 11 is 2.63. The second kappa shape index (κ2) is 8.70. The van der Waals surface area contributed by atoms with E-state index in [1.54, 1.807) is 0 Å². The van der Waals surface area contributed by atoms with Gasteiger partial charge in [-0.2, -0.15) is 0 Å². The Bertz CT molecular complexity index is 529. The molecule has 0 atom stereocenters. The van der Waals surface area contributed by atoms with Gasteiger partial charge in [0.25, 0.3) is 0 Å². The van der Waals surface area contributed by atoms with Crippen LogP contribution in [-0.4, -0.2) is 21.7 Å². The SMILES string of the molecule is O=C(SCCCSC(=O)c1ccccc1)c1ccccc1. The van der Waals surface area contributed by atoms with Crippen LogP contribution >= 0.6 is 23.5 Å². The van der Waals surface area contributed by atoms with Gasteiger partial charge in [-0.05, 0) is 6.42 Å². The first-order valence-corrected chi connectivity index (χ1v) is 8.69. The van der Waals surface area contributed by atoms with E-state index >= 15 is 0 Å². The van der Waals surface area contributed by atoms with E-state index in [2.05, 4.69) is 0 Å². The Labute approximate surface area is 133 Å². The van der Waals surface area contributed by atoms with Crippen molar-refractivity contribution in [3.63, 3.8) is 0 Å². The molecule has 0 spiro atoms. The molecule has 2 aromatic carbocycles. The second-order valence-corrected chi connectivity index (χ2v) is 6.49. The predicted molar refractivity (Wildman–Crippen MR) is 91.1 cm³/mol. The van der Waals surface area contributed by atoms with E-state index in [1.165, 1.54) is 23.5 Å².